The lowest BCUT2D eigenvalue weighted by Crippen LogP contribution is -2.14. The van der Waals surface area contributed by atoms with Crippen molar-refractivity contribution in [3.05, 3.63) is 42.0 Å². The Morgan fingerprint density at radius 1 is 1.09 bits per heavy atom. The summed E-state index contributed by atoms with van der Waals surface area (Å²) in [7, 11) is 0. The maximum absolute atomic E-state index is 12.1. The smallest absolute Gasteiger partial charge is 0.231 e. The highest BCUT2D eigenvalue weighted by molar-refractivity contribution is 6.08. The normalized spacial score (nSPS) is 15.5. The van der Waals surface area contributed by atoms with Gasteiger partial charge in [0, 0.05) is 24.1 Å². The second-order valence-electron chi connectivity index (χ2n) is 5.50. The van der Waals surface area contributed by atoms with Gasteiger partial charge in [-0.15, -0.1) is 0 Å². The van der Waals surface area contributed by atoms with Crippen molar-refractivity contribution in [2.45, 2.75) is 13.0 Å². The first kappa shape index (κ1) is 11.8. The number of hydrogen-bond donors (Lipinski definition) is 0. The first-order chi connectivity index (χ1) is 10.8. The molecule has 0 aliphatic carbocycles. The van der Waals surface area contributed by atoms with E-state index in [-0.39, 0.29) is 12.6 Å². The van der Waals surface area contributed by atoms with Crippen LogP contribution in [0.4, 0.5) is 0 Å². The minimum atomic E-state index is 0.190. The van der Waals surface area contributed by atoms with Crippen molar-refractivity contribution in [3.8, 4) is 22.9 Å². The van der Waals surface area contributed by atoms with Crippen molar-refractivity contribution in [3.63, 3.8) is 0 Å². The van der Waals surface area contributed by atoms with Crippen LogP contribution < -0.4 is 9.47 Å². The van der Waals surface area contributed by atoms with E-state index < -0.39 is 0 Å². The molecule has 2 aliphatic rings. The van der Waals surface area contributed by atoms with Gasteiger partial charge < -0.3 is 14.0 Å². The molecule has 0 amide bonds. The van der Waals surface area contributed by atoms with Gasteiger partial charge in [-0.3, -0.25) is 4.79 Å². The zero-order chi connectivity index (χ0) is 14.7. The molecule has 108 valence electrons. The van der Waals surface area contributed by atoms with E-state index in [2.05, 4.69) is 4.57 Å². The van der Waals surface area contributed by atoms with Gasteiger partial charge in [-0.2, -0.15) is 0 Å². The van der Waals surface area contributed by atoms with Crippen LogP contribution in [-0.2, 0) is 6.54 Å². The van der Waals surface area contributed by atoms with E-state index in [9.17, 15) is 4.79 Å². The summed E-state index contributed by atoms with van der Waals surface area (Å²) in [5.74, 6) is 2.56. The third kappa shape index (κ3) is 1.48. The maximum atomic E-state index is 12.1. The SMILES string of the molecule is O=C1CCn2c(-c3ccc4c(c3)OCO4)nc3cccc1c32. The lowest BCUT2D eigenvalue weighted by molar-refractivity contribution is 0.0973. The van der Waals surface area contributed by atoms with Crippen molar-refractivity contribution >= 4 is 16.8 Å². The Labute approximate surface area is 126 Å². The molecule has 0 radical (unpaired) electrons. The molecular formula is C17H12N2O3. The first-order valence-corrected chi connectivity index (χ1v) is 7.24. The number of aromatic nitrogens is 2. The number of carbonyl (C=O) groups excluding carboxylic acids is 1. The predicted octanol–water partition coefficient (Wildman–Crippen LogP) is 3.02. The zero-order valence-electron chi connectivity index (χ0n) is 11.7. The lowest BCUT2D eigenvalue weighted by Gasteiger charge is -2.15. The first-order valence-electron chi connectivity index (χ1n) is 7.24. The van der Waals surface area contributed by atoms with Crippen molar-refractivity contribution in [2.24, 2.45) is 0 Å². The standard InChI is InChI=1S/C17H12N2O3/c20-13-6-7-19-16-11(13)2-1-3-12(16)18-17(19)10-4-5-14-15(8-10)22-9-21-14/h1-5,8H,6-7,9H2. The number of carbonyl (C=O) groups is 1. The fourth-order valence-corrected chi connectivity index (χ4v) is 3.23. The maximum Gasteiger partial charge on any atom is 0.231 e. The van der Waals surface area contributed by atoms with E-state index in [1.807, 2.05) is 36.4 Å². The molecule has 0 fully saturated rings. The minimum absolute atomic E-state index is 0.190. The molecule has 3 heterocycles. The Hall–Kier alpha value is -2.82. The van der Waals surface area contributed by atoms with Gasteiger partial charge in [0.05, 0.1) is 11.0 Å². The molecule has 2 aliphatic heterocycles. The monoisotopic (exact) mass is 292 g/mol. The summed E-state index contributed by atoms with van der Waals surface area (Å²) in [4.78, 5) is 16.8. The molecule has 2 aromatic carbocycles. The Morgan fingerprint density at radius 2 is 2.00 bits per heavy atom. The number of ether oxygens (including phenoxy) is 2. The van der Waals surface area contributed by atoms with Gasteiger partial charge in [0.15, 0.2) is 17.3 Å². The summed E-state index contributed by atoms with van der Waals surface area (Å²) in [6.45, 7) is 0.921. The minimum Gasteiger partial charge on any atom is -0.454 e. The fourth-order valence-electron chi connectivity index (χ4n) is 3.23. The van der Waals surface area contributed by atoms with Crippen LogP contribution >= 0.6 is 0 Å². The number of benzene rings is 2. The molecule has 5 nitrogen and oxygen atoms in total. The topological polar surface area (TPSA) is 53.4 Å². The summed E-state index contributed by atoms with van der Waals surface area (Å²) in [5.41, 5.74) is 3.54. The molecular weight excluding hydrogens is 280 g/mol. The van der Waals surface area contributed by atoms with Gasteiger partial charge in [-0.1, -0.05) is 6.07 Å². The Morgan fingerprint density at radius 3 is 2.95 bits per heavy atom. The van der Waals surface area contributed by atoms with E-state index in [0.717, 1.165) is 39.5 Å². The number of imidazole rings is 1. The Bertz CT molecular complexity index is 942. The Kier molecular flexibility index (Phi) is 2.20. The van der Waals surface area contributed by atoms with Crippen molar-refractivity contribution in [1.29, 1.82) is 0 Å². The molecule has 0 saturated carbocycles. The van der Waals surface area contributed by atoms with E-state index in [1.54, 1.807) is 0 Å². The van der Waals surface area contributed by atoms with Gasteiger partial charge in [0.25, 0.3) is 0 Å². The Balaban J connectivity index is 1.78. The number of rotatable bonds is 1. The molecule has 0 spiro atoms. The highest BCUT2D eigenvalue weighted by atomic mass is 16.7. The molecule has 0 bridgehead atoms. The summed E-state index contributed by atoms with van der Waals surface area (Å²) < 4.78 is 12.9. The average Bonchev–Trinajstić information content (AvgIpc) is 3.15. The number of ketones is 1. The van der Waals surface area contributed by atoms with Crippen LogP contribution in [0.2, 0.25) is 0 Å². The molecule has 0 N–H and O–H groups in total. The van der Waals surface area contributed by atoms with Crippen LogP contribution in [0.3, 0.4) is 0 Å². The van der Waals surface area contributed by atoms with Crippen molar-refractivity contribution in [1.82, 2.24) is 9.55 Å². The van der Waals surface area contributed by atoms with Gasteiger partial charge in [0.2, 0.25) is 6.79 Å². The number of fused-ring (bicyclic) bond motifs is 1. The molecule has 3 aromatic rings. The zero-order valence-corrected chi connectivity index (χ0v) is 11.7. The van der Waals surface area contributed by atoms with Gasteiger partial charge in [0.1, 0.15) is 5.82 Å². The van der Waals surface area contributed by atoms with Gasteiger partial charge in [-0.25, -0.2) is 4.98 Å². The summed E-state index contributed by atoms with van der Waals surface area (Å²) in [6.07, 6.45) is 0.514. The lowest BCUT2D eigenvalue weighted by atomic mass is 10.0. The third-order valence-electron chi connectivity index (χ3n) is 4.26. The number of hydrogen-bond acceptors (Lipinski definition) is 4. The second kappa shape index (κ2) is 4.10. The fraction of sp³-hybridized carbons (Fsp3) is 0.176. The summed E-state index contributed by atoms with van der Waals surface area (Å²) >= 11 is 0. The molecule has 0 unspecified atom stereocenters. The number of Topliss-reactive ketones (excluding diaryl/α,β-unsaturated/α-hetero) is 1. The number of nitrogens with zero attached hydrogens (tertiary/aromatic N) is 2. The number of aryl methyl sites for hydroxylation is 1. The van der Waals surface area contributed by atoms with Gasteiger partial charge in [-0.05, 0) is 30.3 Å². The summed E-state index contributed by atoms with van der Waals surface area (Å²) in [6, 6.07) is 11.5. The third-order valence-corrected chi connectivity index (χ3v) is 4.26. The molecule has 0 saturated heterocycles. The van der Waals surface area contributed by atoms with Crippen LogP contribution in [-0.4, -0.2) is 22.1 Å². The van der Waals surface area contributed by atoms with E-state index in [1.165, 1.54) is 0 Å². The predicted molar refractivity (Wildman–Crippen MR) is 80.2 cm³/mol. The second-order valence-corrected chi connectivity index (χ2v) is 5.50. The molecule has 0 atom stereocenters. The quantitative estimate of drug-likeness (QED) is 0.692. The number of para-hydroxylation sites is 1. The van der Waals surface area contributed by atoms with Crippen LogP contribution in [0.5, 0.6) is 11.5 Å². The van der Waals surface area contributed by atoms with Crippen LogP contribution in [0, 0.1) is 0 Å². The van der Waals surface area contributed by atoms with E-state index in [0.29, 0.717) is 13.0 Å². The highest BCUT2D eigenvalue weighted by Crippen LogP contribution is 2.37. The largest absolute Gasteiger partial charge is 0.454 e. The van der Waals surface area contributed by atoms with Gasteiger partial charge >= 0.3 is 0 Å². The van der Waals surface area contributed by atoms with Crippen molar-refractivity contribution < 1.29 is 14.3 Å². The summed E-state index contributed by atoms with van der Waals surface area (Å²) in [5, 5.41) is 0. The molecule has 5 rings (SSSR count). The highest BCUT2D eigenvalue weighted by Gasteiger charge is 2.24. The average molecular weight is 292 g/mol. The van der Waals surface area contributed by atoms with Crippen LogP contribution in [0.25, 0.3) is 22.4 Å². The van der Waals surface area contributed by atoms with Crippen molar-refractivity contribution in [2.75, 3.05) is 6.79 Å². The molecule has 5 heteroatoms. The molecule has 1 aromatic heterocycles. The van der Waals surface area contributed by atoms with Crippen LogP contribution in [0.15, 0.2) is 36.4 Å². The molecule has 22 heavy (non-hydrogen) atoms. The van der Waals surface area contributed by atoms with E-state index in [4.69, 9.17) is 14.5 Å². The van der Waals surface area contributed by atoms with E-state index >= 15 is 0 Å². The van der Waals surface area contributed by atoms with Crippen LogP contribution in [0.1, 0.15) is 16.8 Å².